The highest BCUT2D eigenvalue weighted by Crippen LogP contribution is 2.15. The molecule has 0 atom stereocenters. The fraction of sp³-hybridized carbons (Fsp3) is 0.500. The van der Waals surface area contributed by atoms with E-state index in [-0.39, 0.29) is 11.2 Å². The molecule has 3 heterocycles. The Morgan fingerprint density at radius 2 is 2.14 bits per heavy atom. The molecule has 1 aliphatic heterocycles. The second-order valence-corrected chi connectivity index (χ2v) is 5.96. The van der Waals surface area contributed by atoms with Gasteiger partial charge in [0.1, 0.15) is 0 Å². The lowest BCUT2D eigenvalue weighted by Gasteiger charge is -2.04. The lowest BCUT2D eigenvalue weighted by Crippen LogP contribution is -2.36. The number of rotatable bonds is 4. The molecule has 1 aliphatic rings. The number of aromatic nitrogens is 4. The molecule has 0 aliphatic carbocycles. The first kappa shape index (κ1) is 14.7. The van der Waals surface area contributed by atoms with Crippen molar-refractivity contribution in [1.82, 2.24) is 29.7 Å². The van der Waals surface area contributed by atoms with E-state index in [1.165, 1.54) is 23.4 Å². The highest BCUT2D eigenvalue weighted by atomic mass is 32.2. The molecule has 0 spiro atoms. The maximum Gasteiger partial charge on any atom is 0.332 e. The molecule has 0 aromatic carbocycles. The summed E-state index contributed by atoms with van der Waals surface area (Å²) in [5, 5.41) is 6.93. The van der Waals surface area contributed by atoms with E-state index in [2.05, 4.69) is 25.6 Å². The largest absolute Gasteiger partial charge is 0.356 e. The SMILES string of the molecule is Cn1c(=O)c2[nH]c(SCCNC3=NCCN3)nc2n(C)c1=O. The molecule has 0 saturated heterocycles. The third-order valence-corrected chi connectivity index (χ3v) is 4.26. The number of hydrogen-bond acceptors (Lipinski definition) is 7. The van der Waals surface area contributed by atoms with Crippen LogP contribution in [0.15, 0.2) is 19.7 Å². The lowest BCUT2D eigenvalue weighted by molar-refractivity contribution is 0.708. The van der Waals surface area contributed by atoms with Crippen LogP contribution in [0.1, 0.15) is 0 Å². The second kappa shape index (κ2) is 5.87. The molecule has 3 N–H and O–H groups in total. The van der Waals surface area contributed by atoms with Gasteiger partial charge in [0, 0.05) is 32.9 Å². The molecule has 10 heteroatoms. The number of thioether (sulfide) groups is 1. The minimum atomic E-state index is -0.382. The normalized spacial score (nSPS) is 14.2. The zero-order chi connectivity index (χ0) is 15.7. The Labute approximate surface area is 129 Å². The van der Waals surface area contributed by atoms with Crippen molar-refractivity contribution >= 4 is 28.9 Å². The van der Waals surface area contributed by atoms with Crippen molar-refractivity contribution in [2.75, 3.05) is 25.4 Å². The van der Waals surface area contributed by atoms with E-state index in [1.54, 1.807) is 7.05 Å². The third kappa shape index (κ3) is 2.61. The van der Waals surface area contributed by atoms with Gasteiger partial charge in [-0.3, -0.25) is 18.9 Å². The third-order valence-electron chi connectivity index (χ3n) is 3.38. The monoisotopic (exact) mass is 323 g/mol. The van der Waals surface area contributed by atoms with E-state index in [9.17, 15) is 9.59 Å². The van der Waals surface area contributed by atoms with Gasteiger partial charge in [0.05, 0.1) is 6.54 Å². The molecule has 0 unspecified atom stereocenters. The van der Waals surface area contributed by atoms with Crippen LogP contribution in [0.5, 0.6) is 0 Å². The van der Waals surface area contributed by atoms with Crippen molar-refractivity contribution in [3.63, 3.8) is 0 Å². The van der Waals surface area contributed by atoms with Crippen LogP contribution in [0.3, 0.4) is 0 Å². The molecule has 22 heavy (non-hydrogen) atoms. The van der Waals surface area contributed by atoms with Gasteiger partial charge in [-0.25, -0.2) is 9.78 Å². The Kier molecular flexibility index (Phi) is 3.92. The minimum absolute atomic E-state index is 0.349. The van der Waals surface area contributed by atoms with Crippen LogP contribution < -0.4 is 21.9 Å². The van der Waals surface area contributed by atoms with Gasteiger partial charge in [0.2, 0.25) is 0 Å². The van der Waals surface area contributed by atoms with E-state index in [4.69, 9.17) is 0 Å². The van der Waals surface area contributed by atoms with Crippen LogP contribution in [-0.4, -0.2) is 50.4 Å². The zero-order valence-corrected chi connectivity index (χ0v) is 13.2. The molecular weight excluding hydrogens is 306 g/mol. The van der Waals surface area contributed by atoms with Gasteiger partial charge in [-0.15, -0.1) is 0 Å². The zero-order valence-electron chi connectivity index (χ0n) is 12.3. The first-order valence-corrected chi connectivity index (χ1v) is 7.87. The van der Waals surface area contributed by atoms with Crippen LogP contribution in [0, 0.1) is 0 Å². The maximum atomic E-state index is 12.1. The number of guanidine groups is 1. The molecule has 2 aromatic rings. The fourth-order valence-corrected chi connectivity index (χ4v) is 2.93. The number of aromatic amines is 1. The number of hydrogen-bond donors (Lipinski definition) is 3. The quantitative estimate of drug-likeness (QED) is 0.472. The van der Waals surface area contributed by atoms with Crippen molar-refractivity contribution in [3.8, 4) is 0 Å². The van der Waals surface area contributed by atoms with Crippen LogP contribution in [0.4, 0.5) is 0 Å². The van der Waals surface area contributed by atoms with Crippen molar-refractivity contribution in [2.45, 2.75) is 5.16 Å². The Morgan fingerprint density at radius 1 is 1.32 bits per heavy atom. The molecule has 0 radical (unpaired) electrons. The van der Waals surface area contributed by atoms with Crippen molar-refractivity contribution in [3.05, 3.63) is 20.8 Å². The summed E-state index contributed by atoms with van der Waals surface area (Å²) in [4.78, 5) is 35.5. The smallest absolute Gasteiger partial charge is 0.332 e. The summed E-state index contributed by atoms with van der Waals surface area (Å²) < 4.78 is 2.44. The summed E-state index contributed by atoms with van der Waals surface area (Å²) in [7, 11) is 3.06. The summed E-state index contributed by atoms with van der Waals surface area (Å²) in [5.41, 5.74) is -0.0140. The Balaban J connectivity index is 1.72. The summed E-state index contributed by atoms with van der Waals surface area (Å²) >= 11 is 1.48. The van der Waals surface area contributed by atoms with Crippen molar-refractivity contribution < 1.29 is 0 Å². The second-order valence-electron chi connectivity index (χ2n) is 4.88. The van der Waals surface area contributed by atoms with E-state index in [0.29, 0.717) is 16.3 Å². The molecular formula is C12H17N7O2S. The minimum Gasteiger partial charge on any atom is -0.356 e. The molecule has 3 rings (SSSR count). The highest BCUT2D eigenvalue weighted by Gasteiger charge is 2.13. The van der Waals surface area contributed by atoms with Gasteiger partial charge in [-0.2, -0.15) is 0 Å². The number of H-pyrrole nitrogens is 1. The molecule has 0 fully saturated rings. The summed E-state index contributed by atoms with van der Waals surface area (Å²) in [6.07, 6.45) is 0. The van der Waals surface area contributed by atoms with Gasteiger partial charge < -0.3 is 15.6 Å². The highest BCUT2D eigenvalue weighted by molar-refractivity contribution is 7.99. The van der Waals surface area contributed by atoms with Crippen molar-refractivity contribution in [1.29, 1.82) is 0 Å². The fourth-order valence-electron chi connectivity index (χ4n) is 2.21. The van der Waals surface area contributed by atoms with E-state index >= 15 is 0 Å². The number of fused-ring (bicyclic) bond motifs is 1. The topological polar surface area (TPSA) is 109 Å². The van der Waals surface area contributed by atoms with Crippen LogP contribution in [0.25, 0.3) is 11.2 Å². The molecule has 9 nitrogen and oxygen atoms in total. The number of imidazole rings is 1. The van der Waals surface area contributed by atoms with E-state index in [0.717, 1.165) is 35.9 Å². The first-order chi connectivity index (χ1) is 10.6. The lowest BCUT2D eigenvalue weighted by atomic mass is 10.5. The Morgan fingerprint density at radius 3 is 2.86 bits per heavy atom. The molecule has 2 aromatic heterocycles. The Bertz CT molecular complexity index is 848. The van der Waals surface area contributed by atoms with Gasteiger partial charge in [-0.05, 0) is 0 Å². The summed E-state index contributed by atoms with van der Waals surface area (Å²) in [5.74, 6) is 1.58. The van der Waals surface area contributed by atoms with Gasteiger partial charge in [0.15, 0.2) is 22.3 Å². The average Bonchev–Trinajstić information content (AvgIpc) is 3.17. The Hall–Kier alpha value is -2.23. The van der Waals surface area contributed by atoms with Gasteiger partial charge >= 0.3 is 5.69 Å². The predicted octanol–water partition coefficient (Wildman–Crippen LogP) is -1.40. The van der Waals surface area contributed by atoms with E-state index < -0.39 is 0 Å². The van der Waals surface area contributed by atoms with Gasteiger partial charge in [0.25, 0.3) is 5.56 Å². The first-order valence-electron chi connectivity index (χ1n) is 6.88. The number of nitrogens with one attached hydrogen (secondary N) is 3. The maximum absolute atomic E-state index is 12.1. The van der Waals surface area contributed by atoms with Crippen LogP contribution in [0.2, 0.25) is 0 Å². The van der Waals surface area contributed by atoms with Crippen LogP contribution >= 0.6 is 11.8 Å². The number of aliphatic imine (C=N–C) groups is 1. The summed E-state index contributed by atoms with van der Waals surface area (Å²) in [6.45, 7) is 2.40. The average molecular weight is 323 g/mol. The molecule has 0 bridgehead atoms. The molecule has 0 amide bonds. The number of nitrogens with zero attached hydrogens (tertiary/aromatic N) is 4. The summed E-state index contributed by atoms with van der Waals surface area (Å²) in [6, 6.07) is 0. The van der Waals surface area contributed by atoms with Gasteiger partial charge in [-0.1, -0.05) is 11.8 Å². The van der Waals surface area contributed by atoms with Crippen LogP contribution in [-0.2, 0) is 14.1 Å². The predicted molar refractivity (Wildman–Crippen MR) is 85.6 cm³/mol. The number of aryl methyl sites for hydroxylation is 1. The standard InChI is InChI=1S/C12H17N7O2S/c1-18-8-7(9(20)19(2)12(18)21)16-11(17-8)22-6-5-15-10-13-3-4-14-10/h3-6H2,1-2H3,(H,16,17)(H2,13,14,15). The molecule has 0 saturated carbocycles. The van der Waals surface area contributed by atoms with E-state index in [1.807, 2.05) is 0 Å². The van der Waals surface area contributed by atoms with Crippen molar-refractivity contribution in [2.24, 2.45) is 19.1 Å². The molecule has 118 valence electrons.